The molecular formula is C13H22N2OS. The average Bonchev–Trinajstić information content (AvgIpc) is 2.86. The molecule has 1 aliphatic heterocycles. The van der Waals surface area contributed by atoms with Crippen molar-refractivity contribution in [3.05, 3.63) is 15.6 Å². The molecule has 4 heteroatoms. The molecule has 3 nitrogen and oxygen atoms in total. The number of rotatable bonds is 4. The van der Waals surface area contributed by atoms with Crippen molar-refractivity contribution in [3.63, 3.8) is 0 Å². The van der Waals surface area contributed by atoms with Crippen LogP contribution in [0.25, 0.3) is 0 Å². The molecule has 2 heterocycles. The van der Waals surface area contributed by atoms with Crippen LogP contribution < -0.4 is 5.32 Å². The van der Waals surface area contributed by atoms with Gasteiger partial charge in [0.2, 0.25) is 0 Å². The Morgan fingerprint density at radius 3 is 2.94 bits per heavy atom. The highest BCUT2D eigenvalue weighted by Gasteiger charge is 2.35. The van der Waals surface area contributed by atoms with Gasteiger partial charge in [-0.2, -0.15) is 0 Å². The maximum absolute atomic E-state index is 5.86. The minimum atomic E-state index is -0.139. The largest absolute Gasteiger partial charge is 0.368 e. The summed E-state index contributed by atoms with van der Waals surface area (Å²) in [5.74, 6) is 0. The second kappa shape index (κ2) is 5.04. The van der Waals surface area contributed by atoms with Crippen LogP contribution in [-0.2, 0) is 10.3 Å². The Kier molecular flexibility index (Phi) is 3.85. The van der Waals surface area contributed by atoms with E-state index < -0.39 is 0 Å². The standard InChI is InChI=1S/C13H22N2OS/c1-5-14-9(2)11-10(3)15-12(17-11)13(4)7-6-8-16-13/h9,14H,5-8H2,1-4H3. The highest BCUT2D eigenvalue weighted by atomic mass is 32.1. The second-order valence-electron chi connectivity index (χ2n) is 4.93. The van der Waals surface area contributed by atoms with Crippen LogP contribution in [0.2, 0.25) is 0 Å². The molecule has 0 spiro atoms. The number of aromatic nitrogens is 1. The second-order valence-corrected chi connectivity index (χ2v) is 5.96. The quantitative estimate of drug-likeness (QED) is 0.896. The molecule has 1 aromatic rings. The summed E-state index contributed by atoms with van der Waals surface area (Å²) >= 11 is 1.81. The molecule has 1 aromatic heterocycles. The molecular weight excluding hydrogens is 232 g/mol. The summed E-state index contributed by atoms with van der Waals surface area (Å²) in [4.78, 5) is 6.07. The first-order chi connectivity index (χ1) is 8.07. The lowest BCUT2D eigenvalue weighted by Crippen LogP contribution is -2.19. The van der Waals surface area contributed by atoms with E-state index in [4.69, 9.17) is 9.72 Å². The van der Waals surface area contributed by atoms with E-state index in [1.807, 2.05) is 0 Å². The smallest absolute Gasteiger partial charge is 0.125 e. The lowest BCUT2D eigenvalue weighted by atomic mass is 10.0. The Bertz CT molecular complexity index is 383. The fourth-order valence-corrected chi connectivity index (χ4v) is 3.60. The number of hydrogen-bond acceptors (Lipinski definition) is 4. The van der Waals surface area contributed by atoms with Gasteiger partial charge < -0.3 is 10.1 Å². The molecule has 1 N–H and O–H groups in total. The van der Waals surface area contributed by atoms with Crippen LogP contribution in [0.1, 0.15) is 55.2 Å². The van der Waals surface area contributed by atoms with Crippen LogP contribution in [0.15, 0.2) is 0 Å². The Balaban J connectivity index is 2.23. The van der Waals surface area contributed by atoms with Gasteiger partial charge in [0.05, 0.1) is 5.69 Å². The molecule has 0 radical (unpaired) electrons. The van der Waals surface area contributed by atoms with Crippen molar-refractivity contribution >= 4 is 11.3 Å². The molecule has 96 valence electrons. The minimum absolute atomic E-state index is 0.139. The van der Waals surface area contributed by atoms with Crippen LogP contribution in [0.5, 0.6) is 0 Å². The van der Waals surface area contributed by atoms with Gasteiger partial charge in [-0.05, 0) is 40.2 Å². The van der Waals surface area contributed by atoms with E-state index >= 15 is 0 Å². The summed E-state index contributed by atoms with van der Waals surface area (Å²) in [6.45, 7) is 10.5. The Hall–Kier alpha value is -0.450. The Labute approximate surface area is 108 Å². The molecule has 17 heavy (non-hydrogen) atoms. The third-order valence-electron chi connectivity index (χ3n) is 3.41. The van der Waals surface area contributed by atoms with E-state index in [9.17, 15) is 0 Å². The predicted molar refractivity (Wildman–Crippen MR) is 71.5 cm³/mol. The van der Waals surface area contributed by atoms with Crippen molar-refractivity contribution in [2.45, 2.75) is 52.2 Å². The van der Waals surface area contributed by atoms with Crippen molar-refractivity contribution in [2.75, 3.05) is 13.2 Å². The highest BCUT2D eigenvalue weighted by Crippen LogP contribution is 2.39. The zero-order valence-corrected chi connectivity index (χ0v) is 12.0. The van der Waals surface area contributed by atoms with Crippen LogP contribution in [0, 0.1) is 6.92 Å². The summed E-state index contributed by atoms with van der Waals surface area (Å²) in [6.07, 6.45) is 2.24. The highest BCUT2D eigenvalue weighted by molar-refractivity contribution is 7.12. The van der Waals surface area contributed by atoms with Crippen LogP contribution in [-0.4, -0.2) is 18.1 Å². The normalized spacial score (nSPS) is 26.4. The molecule has 1 fully saturated rings. The van der Waals surface area contributed by atoms with Gasteiger partial charge in [-0.3, -0.25) is 0 Å². The topological polar surface area (TPSA) is 34.1 Å². The minimum Gasteiger partial charge on any atom is -0.368 e. The molecule has 1 aliphatic rings. The average molecular weight is 254 g/mol. The van der Waals surface area contributed by atoms with Gasteiger partial charge in [-0.15, -0.1) is 11.3 Å². The van der Waals surface area contributed by atoms with Crippen molar-refractivity contribution in [3.8, 4) is 0 Å². The first-order valence-electron chi connectivity index (χ1n) is 6.42. The molecule has 0 saturated carbocycles. The summed E-state index contributed by atoms with van der Waals surface area (Å²) in [5.41, 5.74) is 1.01. The molecule has 0 aromatic carbocycles. The van der Waals surface area contributed by atoms with Gasteiger partial charge >= 0.3 is 0 Å². The summed E-state index contributed by atoms with van der Waals surface area (Å²) in [5, 5.41) is 4.59. The van der Waals surface area contributed by atoms with E-state index in [1.54, 1.807) is 11.3 Å². The third-order valence-corrected chi connectivity index (χ3v) is 4.99. The van der Waals surface area contributed by atoms with Crippen LogP contribution in [0.4, 0.5) is 0 Å². The van der Waals surface area contributed by atoms with Crippen molar-refractivity contribution in [1.29, 1.82) is 0 Å². The zero-order valence-electron chi connectivity index (χ0n) is 11.2. The third kappa shape index (κ3) is 2.54. The van der Waals surface area contributed by atoms with Crippen LogP contribution >= 0.6 is 11.3 Å². The summed E-state index contributed by atoms with van der Waals surface area (Å²) in [7, 11) is 0. The molecule has 0 aliphatic carbocycles. The van der Waals surface area contributed by atoms with Crippen molar-refractivity contribution in [2.24, 2.45) is 0 Å². The SMILES string of the molecule is CCNC(C)c1sc(C2(C)CCCO2)nc1C. The molecule has 0 bridgehead atoms. The van der Waals surface area contributed by atoms with E-state index in [0.717, 1.165) is 36.7 Å². The van der Waals surface area contributed by atoms with E-state index in [0.29, 0.717) is 6.04 Å². The van der Waals surface area contributed by atoms with Gasteiger partial charge in [0.15, 0.2) is 0 Å². The molecule has 2 atom stereocenters. The summed E-state index contributed by atoms with van der Waals surface area (Å²) in [6, 6.07) is 0.385. The number of ether oxygens (including phenoxy) is 1. The number of hydrogen-bond donors (Lipinski definition) is 1. The number of thiazole rings is 1. The zero-order chi connectivity index (χ0) is 12.5. The first-order valence-corrected chi connectivity index (χ1v) is 7.23. The van der Waals surface area contributed by atoms with E-state index in [1.165, 1.54) is 4.88 Å². The lowest BCUT2D eigenvalue weighted by Gasteiger charge is -2.19. The van der Waals surface area contributed by atoms with Gasteiger partial charge in [0.1, 0.15) is 10.6 Å². The molecule has 2 unspecified atom stereocenters. The van der Waals surface area contributed by atoms with Gasteiger partial charge in [0, 0.05) is 17.5 Å². The number of nitrogens with zero attached hydrogens (tertiary/aromatic N) is 1. The van der Waals surface area contributed by atoms with Crippen LogP contribution in [0.3, 0.4) is 0 Å². The summed E-state index contributed by atoms with van der Waals surface area (Å²) < 4.78 is 5.86. The Morgan fingerprint density at radius 2 is 2.35 bits per heavy atom. The van der Waals surface area contributed by atoms with Gasteiger partial charge in [-0.25, -0.2) is 4.98 Å². The maximum Gasteiger partial charge on any atom is 0.125 e. The van der Waals surface area contributed by atoms with Crippen molar-refractivity contribution in [1.82, 2.24) is 10.3 Å². The Morgan fingerprint density at radius 1 is 1.59 bits per heavy atom. The van der Waals surface area contributed by atoms with Gasteiger partial charge in [-0.1, -0.05) is 6.92 Å². The fraction of sp³-hybridized carbons (Fsp3) is 0.769. The predicted octanol–water partition coefficient (Wildman–Crippen LogP) is 3.15. The van der Waals surface area contributed by atoms with E-state index in [-0.39, 0.29) is 5.60 Å². The number of aryl methyl sites for hydroxylation is 1. The maximum atomic E-state index is 5.86. The van der Waals surface area contributed by atoms with Crippen molar-refractivity contribution < 1.29 is 4.74 Å². The molecule has 0 amide bonds. The molecule has 2 rings (SSSR count). The van der Waals surface area contributed by atoms with E-state index in [2.05, 4.69) is 33.0 Å². The monoisotopic (exact) mass is 254 g/mol. The lowest BCUT2D eigenvalue weighted by molar-refractivity contribution is 0.0166. The van der Waals surface area contributed by atoms with Gasteiger partial charge in [0.25, 0.3) is 0 Å². The number of nitrogens with one attached hydrogen (secondary N) is 1. The molecule has 1 saturated heterocycles. The first kappa shape index (κ1) is 13.0. The fourth-order valence-electron chi connectivity index (χ4n) is 2.38.